The van der Waals surface area contributed by atoms with Gasteiger partial charge in [0.25, 0.3) is 0 Å². The zero-order valence-electron chi connectivity index (χ0n) is 13.3. The second kappa shape index (κ2) is 9.11. The van der Waals surface area contributed by atoms with Crippen LogP contribution in [-0.4, -0.2) is 11.6 Å². The van der Waals surface area contributed by atoms with Gasteiger partial charge in [0.1, 0.15) is 0 Å². The van der Waals surface area contributed by atoms with Gasteiger partial charge in [0.2, 0.25) is 5.91 Å². The van der Waals surface area contributed by atoms with Crippen molar-refractivity contribution in [2.75, 3.05) is 0 Å². The number of carbonyl (C=O) groups excluding carboxylic acids is 1. The molecule has 0 aliphatic carbocycles. The molecule has 2 aromatic rings. The first kappa shape index (κ1) is 17.2. The Morgan fingerprint density at radius 3 is 2.43 bits per heavy atom. The third-order valence-electron chi connectivity index (χ3n) is 3.47. The number of rotatable bonds is 7. The van der Waals surface area contributed by atoms with Crippen molar-refractivity contribution in [2.45, 2.75) is 32.6 Å². The van der Waals surface area contributed by atoms with Crippen LogP contribution < -0.4 is 5.43 Å². The molecule has 4 heteroatoms. The molecule has 0 fully saturated rings. The molecule has 0 aliphatic heterocycles. The van der Waals surface area contributed by atoms with E-state index in [0.29, 0.717) is 5.02 Å². The van der Waals surface area contributed by atoms with Gasteiger partial charge in [-0.15, -0.1) is 0 Å². The molecule has 2 aromatic carbocycles. The molecular weight excluding hydrogens is 308 g/mol. The van der Waals surface area contributed by atoms with E-state index in [1.165, 1.54) is 0 Å². The number of hydrogen-bond donors (Lipinski definition) is 1. The molecule has 2 rings (SSSR count). The summed E-state index contributed by atoms with van der Waals surface area (Å²) >= 11 is 5.84. The molecule has 3 nitrogen and oxygen atoms in total. The lowest BCUT2D eigenvalue weighted by Gasteiger charge is -2.07. The summed E-state index contributed by atoms with van der Waals surface area (Å²) in [5.74, 6) is -0.128. The van der Waals surface area contributed by atoms with E-state index >= 15 is 0 Å². The topological polar surface area (TPSA) is 41.5 Å². The Morgan fingerprint density at radius 2 is 1.78 bits per heavy atom. The molecule has 0 aliphatic rings. The van der Waals surface area contributed by atoms with Gasteiger partial charge in [0.15, 0.2) is 0 Å². The number of amides is 1. The molecule has 0 aromatic heterocycles. The molecule has 0 saturated carbocycles. The summed E-state index contributed by atoms with van der Waals surface area (Å²) in [4.78, 5) is 12.1. The fourth-order valence-electron chi connectivity index (χ4n) is 2.20. The Balaban J connectivity index is 2.01. The molecule has 0 unspecified atom stereocenters. The summed E-state index contributed by atoms with van der Waals surface area (Å²) in [6.45, 7) is 2.14. The van der Waals surface area contributed by atoms with Crippen molar-refractivity contribution in [2.24, 2.45) is 5.10 Å². The SMILES string of the molecule is CCCC/C(=N\NC(=O)Cc1ccc(Cl)cc1)c1ccccc1. The van der Waals surface area contributed by atoms with E-state index in [-0.39, 0.29) is 12.3 Å². The molecule has 0 heterocycles. The zero-order valence-corrected chi connectivity index (χ0v) is 14.0. The predicted octanol–water partition coefficient (Wildman–Crippen LogP) is 4.59. The van der Waals surface area contributed by atoms with Gasteiger partial charge in [-0.1, -0.05) is 67.4 Å². The van der Waals surface area contributed by atoms with Crippen molar-refractivity contribution in [3.8, 4) is 0 Å². The lowest BCUT2D eigenvalue weighted by molar-refractivity contribution is -0.120. The minimum Gasteiger partial charge on any atom is -0.273 e. The minimum absolute atomic E-state index is 0.128. The average molecular weight is 329 g/mol. The van der Waals surface area contributed by atoms with E-state index in [1.54, 1.807) is 12.1 Å². The summed E-state index contributed by atoms with van der Waals surface area (Å²) in [5.41, 5.74) is 5.55. The molecule has 1 N–H and O–H groups in total. The van der Waals surface area contributed by atoms with Gasteiger partial charge in [-0.05, 0) is 36.1 Å². The molecule has 0 spiro atoms. The van der Waals surface area contributed by atoms with E-state index in [1.807, 2.05) is 42.5 Å². The summed E-state index contributed by atoms with van der Waals surface area (Å²) in [6, 6.07) is 17.2. The highest BCUT2D eigenvalue weighted by molar-refractivity contribution is 6.30. The zero-order chi connectivity index (χ0) is 16.5. The Morgan fingerprint density at radius 1 is 1.09 bits per heavy atom. The quantitative estimate of drug-likeness (QED) is 0.586. The van der Waals surface area contributed by atoms with Gasteiger partial charge >= 0.3 is 0 Å². The molecule has 0 bridgehead atoms. The van der Waals surface area contributed by atoms with Crippen LogP contribution in [0.4, 0.5) is 0 Å². The van der Waals surface area contributed by atoms with Crippen LogP contribution in [-0.2, 0) is 11.2 Å². The van der Waals surface area contributed by atoms with Crippen molar-refractivity contribution < 1.29 is 4.79 Å². The molecule has 0 saturated heterocycles. The van der Waals surface area contributed by atoms with Crippen molar-refractivity contribution in [3.05, 3.63) is 70.7 Å². The molecule has 23 heavy (non-hydrogen) atoms. The molecule has 120 valence electrons. The standard InChI is InChI=1S/C19H21ClN2O/c1-2-3-9-18(16-7-5-4-6-8-16)21-22-19(23)14-15-10-12-17(20)13-11-15/h4-8,10-13H,2-3,9,14H2,1H3,(H,22,23)/b21-18+. The van der Waals surface area contributed by atoms with E-state index in [0.717, 1.165) is 36.1 Å². The van der Waals surface area contributed by atoms with Gasteiger partial charge in [0, 0.05) is 5.02 Å². The monoisotopic (exact) mass is 328 g/mol. The first-order valence-corrected chi connectivity index (χ1v) is 8.22. The third kappa shape index (κ3) is 5.87. The lowest BCUT2D eigenvalue weighted by atomic mass is 10.1. The minimum atomic E-state index is -0.128. The normalized spacial score (nSPS) is 11.3. The van der Waals surface area contributed by atoms with Crippen LogP contribution in [0.3, 0.4) is 0 Å². The second-order valence-corrected chi connectivity index (χ2v) is 5.80. The molecule has 0 atom stereocenters. The number of hydrogen-bond acceptors (Lipinski definition) is 2. The van der Waals surface area contributed by atoms with E-state index in [4.69, 9.17) is 11.6 Å². The Kier molecular flexibility index (Phi) is 6.82. The Labute approximate surface area is 142 Å². The van der Waals surface area contributed by atoms with Crippen molar-refractivity contribution in [3.63, 3.8) is 0 Å². The van der Waals surface area contributed by atoms with Gasteiger partial charge in [-0.3, -0.25) is 4.79 Å². The summed E-state index contributed by atoms with van der Waals surface area (Å²) in [7, 11) is 0. The number of benzene rings is 2. The van der Waals surface area contributed by atoms with E-state index in [2.05, 4.69) is 17.5 Å². The summed E-state index contributed by atoms with van der Waals surface area (Å²) < 4.78 is 0. The second-order valence-electron chi connectivity index (χ2n) is 5.37. The van der Waals surface area contributed by atoms with Crippen LogP contribution in [0.2, 0.25) is 5.02 Å². The average Bonchev–Trinajstić information content (AvgIpc) is 2.58. The first-order valence-electron chi connectivity index (χ1n) is 7.84. The third-order valence-corrected chi connectivity index (χ3v) is 3.72. The van der Waals surface area contributed by atoms with Crippen LogP contribution >= 0.6 is 11.6 Å². The molecular formula is C19H21ClN2O. The smallest absolute Gasteiger partial charge is 0.244 e. The number of unbranched alkanes of at least 4 members (excludes halogenated alkanes) is 1. The molecule has 0 radical (unpaired) electrons. The Bertz CT molecular complexity index is 651. The highest BCUT2D eigenvalue weighted by Gasteiger charge is 2.06. The largest absolute Gasteiger partial charge is 0.273 e. The van der Waals surface area contributed by atoms with Crippen LogP contribution in [0.25, 0.3) is 0 Å². The molecule has 1 amide bonds. The predicted molar refractivity (Wildman–Crippen MR) is 95.8 cm³/mol. The first-order chi connectivity index (χ1) is 11.2. The highest BCUT2D eigenvalue weighted by atomic mass is 35.5. The fourth-order valence-corrected chi connectivity index (χ4v) is 2.32. The number of halogens is 1. The number of nitrogens with zero attached hydrogens (tertiary/aromatic N) is 1. The van der Waals surface area contributed by atoms with Crippen LogP contribution in [0.5, 0.6) is 0 Å². The maximum atomic E-state index is 12.1. The highest BCUT2D eigenvalue weighted by Crippen LogP contribution is 2.10. The maximum absolute atomic E-state index is 12.1. The summed E-state index contributed by atoms with van der Waals surface area (Å²) in [6.07, 6.45) is 3.27. The maximum Gasteiger partial charge on any atom is 0.244 e. The van der Waals surface area contributed by atoms with E-state index in [9.17, 15) is 4.79 Å². The van der Waals surface area contributed by atoms with Crippen LogP contribution in [0.15, 0.2) is 59.7 Å². The lowest BCUT2D eigenvalue weighted by Crippen LogP contribution is -2.22. The van der Waals surface area contributed by atoms with Crippen molar-refractivity contribution in [1.82, 2.24) is 5.43 Å². The summed E-state index contributed by atoms with van der Waals surface area (Å²) in [5, 5.41) is 5.00. The van der Waals surface area contributed by atoms with Gasteiger partial charge in [-0.2, -0.15) is 5.10 Å². The van der Waals surface area contributed by atoms with Crippen molar-refractivity contribution >= 4 is 23.2 Å². The fraction of sp³-hybridized carbons (Fsp3) is 0.263. The van der Waals surface area contributed by atoms with Gasteiger partial charge in [0.05, 0.1) is 12.1 Å². The Hall–Kier alpha value is -2.13. The number of nitrogens with one attached hydrogen (secondary N) is 1. The number of hydrazone groups is 1. The van der Waals surface area contributed by atoms with Gasteiger partial charge in [-0.25, -0.2) is 5.43 Å². The van der Waals surface area contributed by atoms with Crippen molar-refractivity contribution in [1.29, 1.82) is 0 Å². The van der Waals surface area contributed by atoms with E-state index < -0.39 is 0 Å². The van der Waals surface area contributed by atoms with Gasteiger partial charge < -0.3 is 0 Å². The van der Waals surface area contributed by atoms with Crippen LogP contribution in [0, 0.1) is 0 Å². The van der Waals surface area contributed by atoms with Crippen LogP contribution in [0.1, 0.15) is 37.3 Å². The number of carbonyl (C=O) groups is 1.